The highest BCUT2D eigenvalue weighted by Gasteiger charge is 2.39. The van der Waals surface area contributed by atoms with Gasteiger partial charge in [0.25, 0.3) is 5.56 Å². The number of nitrogens with zero attached hydrogens (tertiary/aromatic N) is 4. The van der Waals surface area contributed by atoms with Gasteiger partial charge in [-0.05, 0) is 76.3 Å². The molecule has 0 atom stereocenters. The van der Waals surface area contributed by atoms with Gasteiger partial charge in [-0.3, -0.25) is 4.79 Å². The Labute approximate surface area is 189 Å². The number of methoxy groups -OCH3 is 1. The minimum absolute atomic E-state index is 0.0492. The molecule has 0 spiro atoms. The predicted octanol–water partition coefficient (Wildman–Crippen LogP) is 3.75. The van der Waals surface area contributed by atoms with E-state index in [0.717, 1.165) is 29.6 Å². The molecule has 3 aromatic rings. The number of hydrogen-bond acceptors (Lipinski definition) is 6. The van der Waals surface area contributed by atoms with Crippen LogP contribution in [0.15, 0.2) is 41.3 Å². The zero-order chi connectivity index (χ0) is 23.3. The molecule has 0 radical (unpaired) electrons. The van der Waals surface area contributed by atoms with Gasteiger partial charge in [-0.2, -0.15) is 0 Å². The van der Waals surface area contributed by atoms with Crippen LogP contribution in [0.4, 0.5) is 5.82 Å². The molecule has 0 amide bonds. The number of pyridine rings is 1. The Morgan fingerprint density at radius 3 is 2.38 bits per heavy atom. The highest BCUT2D eigenvalue weighted by Crippen LogP contribution is 2.34. The Hall–Kier alpha value is -2.93. The highest BCUT2D eigenvalue weighted by atomic mass is 16.5. The number of piperidine rings is 1. The van der Waals surface area contributed by atoms with E-state index < -0.39 is 0 Å². The number of aryl methyl sites for hydroxylation is 1. The summed E-state index contributed by atoms with van der Waals surface area (Å²) in [5, 5.41) is 14.3. The number of fused-ring (bicyclic) bond motifs is 1. The quantitative estimate of drug-likeness (QED) is 0.673. The first-order valence-corrected chi connectivity index (χ1v) is 11.0. The molecule has 1 aromatic carbocycles. The summed E-state index contributed by atoms with van der Waals surface area (Å²) < 4.78 is 7.18. The average Bonchev–Trinajstić information content (AvgIpc) is 2.73. The second-order valence-electron chi connectivity index (χ2n) is 10.2. The van der Waals surface area contributed by atoms with Gasteiger partial charge < -0.3 is 19.5 Å². The van der Waals surface area contributed by atoms with Crippen molar-refractivity contribution in [2.24, 2.45) is 7.05 Å². The molecule has 0 aliphatic carbocycles. The van der Waals surface area contributed by atoms with Crippen molar-refractivity contribution in [3.8, 4) is 17.0 Å². The van der Waals surface area contributed by atoms with E-state index in [2.05, 4.69) is 55.2 Å². The fourth-order valence-electron chi connectivity index (χ4n) is 5.12. The number of hydrogen-bond donors (Lipinski definition) is 1. The first kappa shape index (κ1) is 22.3. The number of ether oxygens (including phenoxy) is 1. The minimum Gasteiger partial charge on any atom is -0.496 e. The Morgan fingerprint density at radius 2 is 1.78 bits per heavy atom. The van der Waals surface area contributed by atoms with Gasteiger partial charge in [0, 0.05) is 48.4 Å². The van der Waals surface area contributed by atoms with Crippen LogP contribution in [-0.4, -0.2) is 46.0 Å². The second kappa shape index (κ2) is 7.89. The van der Waals surface area contributed by atoms with Crippen molar-refractivity contribution in [1.82, 2.24) is 20.1 Å². The number of anilines is 1. The topological polar surface area (TPSA) is 72.3 Å². The molecule has 1 fully saturated rings. The molecule has 32 heavy (non-hydrogen) atoms. The van der Waals surface area contributed by atoms with Crippen LogP contribution in [0.3, 0.4) is 0 Å². The number of aromatic nitrogens is 3. The molecular formula is C25H33N5O2. The summed E-state index contributed by atoms with van der Waals surface area (Å²) in [5.74, 6) is 1.51. The van der Waals surface area contributed by atoms with Gasteiger partial charge >= 0.3 is 0 Å². The van der Waals surface area contributed by atoms with E-state index in [4.69, 9.17) is 4.74 Å². The van der Waals surface area contributed by atoms with E-state index in [-0.39, 0.29) is 16.6 Å². The molecule has 2 aromatic heterocycles. The maximum absolute atomic E-state index is 12.6. The van der Waals surface area contributed by atoms with Crippen molar-refractivity contribution in [3.63, 3.8) is 0 Å². The smallest absolute Gasteiger partial charge is 0.258 e. The first-order chi connectivity index (χ1) is 15.0. The van der Waals surface area contributed by atoms with Crippen molar-refractivity contribution in [3.05, 3.63) is 46.9 Å². The van der Waals surface area contributed by atoms with Crippen molar-refractivity contribution in [2.75, 3.05) is 19.1 Å². The molecule has 1 saturated heterocycles. The van der Waals surface area contributed by atoms with Crippen LogP contribution in [0.1, 0.15) is 40.5 Å². The van der Waals surface area contributed by atoms with E-state index in [0.29, 0.717) is 22.9 Å². The number of benzene rings is 1. The summed E-state index contributed by atoms with van der Waals surface area (Å²) in [5.41, 5.74) is 1.50. The van der Waals surface area contributed by atoms with E-state index in [1.807, 2.05) is 30.3 Å². The fraction of sp³-hybridized carbons (Fsp3) is 0.480. The summed E-state index contributed by atoms with van der Waals surface area (Å²) in [6.07, 6.45) is 3.81. The van der Waals surface area contributed by atoms with Crippen molar-refractivity contribution in [1.29, 1.82) is 0 Å². The van der Waals surface area contributed by atoms with Crippen molar-refractivity contribution < 1.29 is 4.74 Å². The molecule has 0 bridgehead atoms. The third kappa shape index (κ3) is 4.21. The third-order valence-electron chi connectivity index (χ3n) is 6.40. The molecule has 0 unspecified atom stereocenters. The van der Waals surface area contributed by atoms with Gasteiger partial charge in [-0.25, -0.2) is 0 Å². The SMILES string of the molecule is COc1cc2ccn(C)c(=O)c2cc1-c1ccc(N(C)C2CC(C)(C)NC(C)(C)C2)nn1. The van der Waals surface area contributed by atoms with Crippen LogP contribution in [0.5, 0.6) is 5.75 Å². The molecule has 0 saturated carbocycles. The standard InChI is InChI=1S/C25H33N5O2/c1-24(2)14-17(15-25(3,4)28-24)30(6)22-9-8-20(26-27-22)19-13-18-16(12-21(19)32-7)10-11-29(5)23(18)31/h8-13,17,28H,14-15H2,1-7H3. The fourth-order valence-corrected chi connectivity index (χ4v) is 5.12. The monoisotopic (exact) mass is 435 g/mol. The Bertz CT molecular complexity index is 1180. The lowest BCUT2D eigenvalue weighted by atomic mass is 9.79. The molecule has 170 valence electrons. The summed E-state index contributed by atoms with van der Waals surface area (Å²) in [6.45, 7) is 9.00. The normalized spacial score (nSPS) is 18.0. The average molecular weight is 436 g/mol. The minimum atomic E-state index is -0.0492. The van der Waals surface area contributed by atoms with Crippen molar-refractivity contribution in [2.45, 2.75) is 57.7 Å². The highest BCUT2D eigenvalue weighted by molar-refractivity contribution is 5.89. The first-order valence-electron chi connectivity index (χ1n) is 11.0. The van der Waals surface area contributed by atoms with Gasteiger partial charge in [-0.15, -0.1) is 10.2 Å². The Balaban J connectivity index is 1.67. The third-order valence-corrected chi connectivity index (χ3v) is 6.40. The van der Waals surface area contributed by atoms with Crippen LogP contribution in [-0.2, 0) is 7.05 Å². The molecule has 7 nitrogen and oxygen atoms in total. The maximum Gasteiger partial charge on any atom is 0.258 e. The summed E-state index contributed by atoms with van der Waals surface area (Å²) >= 11 is 0. The number of rotatable bonds is 4. The van der Waals surface area contributed by atoms with Crippen LogP contribution in [0.25, 0.3) is 22.0 Å². The van der Waals surface area contributed by atoms with E-state index in [1.165, 1.54) is 0 Å². The lowest BCUT2D eigenvalue weighted by molar-refractivity contribution is 0.160. The zero-order valence-corrected chi connectivity index (χ0v) is 20.1. The van der Waals surface area contributed by atoms with Crippen LogP contribution in [0, 0.1) is 0 Å². The Kier molecular flexibility index (Phi) is 5.49. The van der Waals surface area contributed by atoms with Crippen LogP contribution >= 0.6 is 0 Å². The molecule has 4 rings (SSSR count). The summed E-state index contributed by atoms with van der Waals surface area (Å²) in [6, 6.07) is 9.95. The molecule has 7 heteroatoms. The van der Waals surface area contributed by atoms with Crippen LogP contribution in [0.2, 0.25) is 0 Å². The van der Waals surface area contributed by atoms with Gasteiger partial charge in [0.2, 0.25) is 0 Å². The summed E-state index contributed by atoms with van der Waals surface area (Å²) in [4.78, 5) is 14.8. The summed E-state index contributed by atoms with van der Waals surface area (Å²) in [7, 11) is 5.47. The lowest BCUT2D eigenvalue weighted by Crippen LogP contribution is -2.62. The van der Waals surface area contributed by atoms with Crippen LogP contribution < -0.4 is 20.5 Å². The Morgan fingerprint density at radius 1 is 1.09 bits per heavy atom. The van der Waals surface area contributed by atoms with Crippen molar-refractivity contribution >= 4 is 16.6 Å². The zero-order valence-electron chi connectivity index (χ0n) is 20.1. The number of nitrogens with one attached hydrogen (secondary N) is 1. The van der Waals surface area contributed by atoms with Gasteiger partial charge in [0.1, 0.15) is 5.75 Å². The van der Waals surface area contributed by atoms with E-state index >= 15 is 0 Å². The second-order valence-corrected chi connectivity index (χ2v) is 10.2. The molecule has 1 aliphatic rings. The van der Waals surface area contributed by atoms with Gasteiger partial charge in [-0.1, -0.05) is 0 Å². The molecule has 1 N–H and O–H groups in total. The molecule has 1 aliphatic heterocycles. The largest absolute Gasteiger partial charge is 0.496 e. The van der Waals surface area contributed by atoms with E-state index in [1.54, 1.807) is 24.9 Å². The molecular weight excluding hydrogens is 402 g/mol. The van der Waals surface area contributed by atoms with Gasteiger partial charge in [0.15, 0.2) is 5.82 Å². The molecule has 3 heterocycles. The predicted molar refractivity (Wildman–Crippen MR) is 129 cm³/mol. The van der Waals surface area contributed by atoms with Gasteiger partial charge in [0.05, 0.1) is 12.8 Å². The maximum atomic E-state index is 12.6. The van der Waals surface area contributed by atoms with E-state index in [9.17, 15) is 4.79 Å². The lowest BCUT2D eigenvalue weighted by Gasteiger charge is -2.49.